The van der Waals surface area contributed by atoms with Crippen molar-refractivity contribution in [1.82, 2.24) is 0 Å². The van der Waals surface area contributed by atoms with Gasteiger partial charge in [0.25, 0.3) is 0 Å². The zero-order valence-corrected chi connectivity index (χ0v) is 9.22. The Hall–Kier alpha value is -0.690. The van der Waals surface area contributed by atoms with Crippen LogP contribution < -0.4 is 5.32 Å². The van der Waals surface area contributed by atoms with Crippen LogP contribution in [0.15, 0.2) is 24.3 Å². The molecule has 2 rings (SSSR count). The van der Waals surface area contributed by atoms with Gasteiger partial charge in [0, 0.05) is 6.04 Å². The van der Waals surface area contributed by atoms with Gasteiger partial charge in [0.15, 0.2) is 0 Å². The second-order valence-electron chi connectivity index (χ2n) is 3.98. The zero-order valence-electron chi connectivity index (χ0n) is 8.46. The predicted octanol–water partition coefficient (Wildman–Crippen LogP) is 3.94. The lowest BCUT2D eigenvalue weighted by atomic mass is 10.1. The van der Waals surface area contributed by atoms with E-state index in [1.165, 1.54) is 19.3 Å². The molecule has 1 N–H and O–H groups in total. The first-order chi connectivity index (χ1) is 6.81. The average Bonchev–Trinajstić information content (AvgIpc) is 3.00. The van der Waals surface area contributed by atoms with E-state index in [-0.39, 0.29) is 0 Å². The molecule has 76 valence electrons. The van der Waals surface area contributed by atoms with Crippen molar-refractivity contribution >= 4 is 17.3 Å². The van der Waals surface area contributed by atoms with Crippen LogP contribution in [0.2, 0.25) is 5.02 Å². The summed E-state index contributed by atoms with van der Waals surface area (Å²) >= 11 is 6.09. The Morgan fingerprint density at radius 3 is 2.71 bits per heavy atom. The summed E-state index contributed by atoms with van der Waals surface area (Å²) < 4.78 is 0. The van der Waals surface area contributed by atoms with Gasteiger partial charge in [-0.2, -0.15) is 0 Å². The quantitative estimate of drug-likeness (QED) is 0.792. The number of nitrogens with one attached hydrogen (secondary N) is 1. The maximum absolute atomic E-state index is 6.09. The Bertz CT molecular complexity index is 307. The maximum atomic E-state index is 6.09. The fraction of sp³-hybridized carbons (Fsp3) is 0.500. The molecule has 1 aromatic carbocycles. The third-order valence-corrected chi connectivity index (χ3v) is 3.18. The van der Waals surface area contributed by atoms with E-state index >= 15 is 0 Å². The monoisotopic (exact) mass is 209 g/mol. The molecular weight excluding hydrogens is 194 g/mol. The summed E-state index contributed by atoms with van der Waals surface area (Å²) in [6.45, 7) is 2.23. The summed E-state index contributed by atoms with van der Waals surface area (Å²) in [6.07, 6.45) is 3.92. The molecule has 0 bridgehead atoms. The van der Waals surface area contributed by atoms with Crippen molar-refractivity contribution in [2.24, 2.45) is 5.92 Å². The van der Waals surface area contributed by atoms with Crippen LogP contribution >= 0.6 is 11.6 Å². The fourth-order valence-corrected chi connectivity index (χ4v) is 2.02. The Kier molecular flexibility index (Phi) is 2.97. The van der Waals surface area contributed by atoms with Crippen LogP contribution in [0.5, 0.6) is 0 Å². The number of anilines is 1. The summed E-state index contributed by atoms with van der Waals surface area (Å²) in [5, 5.41) is 4.35. The molecule has 1 saturated carbocycles. The summed E-state index contributed by atoms with van der Waals surface area (Å²) in [5.41, 5.74) is 1.08. The number of para-hydroxylation sites is 1. The van der Waals surface area contributed by atoms with Gasteiger partial charge in [-0.1, -0.05) is 30.7 Å². The third-order valence-electron chi connectivity index (χ3n) is 2.85. The maximum Gasteiger partial charge on any atom is 0.0637 e. The van der Waals surface area contributed by atoms with Crippen LogP contribution in [0.3, 0.4) is 0 Å². The molecule has 1 atom stereocenters. The molecule has 0 radical (unpaired) electrons. The Morgan fingerprint density at radius 2 is 2.14 bits per heavy atom. The summed E-state index contributed by atoms with van der Waals surface area (Å²) in [7, 11) is 0. The van der Waals surface area contributed by atoms with Crippen LogP contribution in [0.4, 0.5) is 5.69 Å². The van der Waals surface area contributed by atoms with Gasteiger partial charge < -0.3 is 5.32 Å². The van der Waals surface area contributed by atoms with Crippen molar-refractivity contribution in [2.75, 3.05) is 5.32 Å². The average molecular weight is 210 g/mol. The van der Waals surface area contributed by atoms with Gasteiger partial charge in [0.05, 0.1) is 10.7 Å². The molecule has 0 saturated heterocycles. The fourth-order valence-electron chi connectivity index (χ4n) is 1.83. The van der Waals surface area contributed by atoms with Crippen molar-refractivity contribution in [1.29, 1.82) is 0 Å². The van der Waals surface area contributed by atoms with Crippen molar-refractivity contribution in [2.45, 2.75) is 32.2 Å². The zero-order chi connectivity index (χ0) is 9.97. The van der Waals surface area contributed by atoms with Gasteiger partial charge in [-0.25, -0.2) is 0 Å². The number of benzene rings is 1. The molecule has 0 aliphatic heterocycles. The van der Waals surface area contributed by atoms with E-state index < -0.39 is 0 Å². The summed E-state index contributed by atoms with van der Waals surface area (Å²) in [6, 6.07) is 8.57. The molecule has 1 aliphatic carbocycles. The lowest BCUT2D eigenvalue weighted by Crippen LogP contribution is -2.20. The Balaban J connectivity index is 2.04. The molecule has 0 aromatic heterocycles. The van der Waals surface area contributed by atoms with Gasteiger partial charge >= 0.3 is 0 Å². The van der Waals surface area contributed by atoms with Crippen LogP contribution in [0.1, 0.15) is 26.2 Å². The SMILES string of the molecule is CCC(Nc1ccccc1Cl)C1CC1. The van der Waals surface area contributed by atoms with E-state index in [2.05, 4.69) is 12.2 Å². The van der Waals surface area contributed by atoms with Gasteiger partial charge in [-0.3, -0.25) is 0 Å². The van der Waals surface area contributed by atoms with Gasteiger partial charge in [-0.05, 0) is 37.3 Å². The van der Waals surface area contributed by atoms with Gasteiger partial charge in [-0.15, -0.1) is 0 Å². The van der Waals surface area contributed by atoms with Crippen LogP contribution in [0, 0.1) is 5.92 Å². The summed E-state index contributed by atoms with van der Waals surface area (Å²) in [5.74, 6) is 0.872. The topological polar surface area (TPSA) is 12.0 Å². The first-order valence-corrected chi connectivity index (χ1v) is 5.70. The number of rotatable bonds is 4. The van der Waals surface area contributed by atoms with E-state index in [1.54, 1.807) is 0 Å². The predicted molar refractivity (Wildman–Crippen MR) is 61.9 cm³/mol. The first-order valence-electron chi connectivity index (χ1n) is 5.32. The van der Waals surface area contributed by atoms with Crippen molar-refractivity contribution in [3.8, 4) is 0 Å². The molecule has 1 aromatic rings. The molecular formula is C12H16ClN. The molecule has 0 amide bonds. The van der Waals surface area contributed by atoms with E-state index in [1.807, 2.05) is 24.3 Å². The minimum absolute atomic E-state index is 0.606. The highest BCUT2D eigenvalue weighted by atomic mass is 35.5. The number of halogens is 1. The van der Waals surface area contributed by atoms with Gasteiger partial charge in [0.2, 0.25) is 0 Å². The van der Waals surface area contributed by atoms with Gasteiger partial charge in [0.1, 0.15) is 0 Å². The second-order valence-corrected chi connectivity index (χ2v) is 4.38. The lowest BCUT2D eigenvalue weighted by molar-refractivity contribution is 0.616. The van der Waals surface area contributed by atoms with Crippen molar-refractivity contribution < 1.29 is 0 Å². The normalized spacial score (nSPS) is 17.9. The van der Waals surface area contributed by atoms with Crippen molar-refractivity contribution in [3.05, 3.63) is 29.3 Å². The highest BCUT2D eigenvalue weighted by Crippen LogP contribution is 2.36. The van der Waals surface area contributed by atoms with E-state index in [9.17, 15) is 0 Å². The molecule has 2 heteroatoms. The highest BCUT2D eigenvalue weighted by molar-refractivity contribution is 6.33. The molecule has 1 aliphatic rings. The van der Waals surface area contributed by atoms with Crippen LogP contribution in [-0.2, 0) is 0 Å². The summed E-state index contributed by atoms with van der Waals surface area (Å²) in [4.78, 5) is 0. The van der Waals surface area contributed by atoms with E-state index in [0.29, 0.717) is 6.04 Å². The largest absolute Gasteiger partial charge is 0.381 e. The van der Waals surface area contributed by atoms with E-state index in [4.69, 9.17) is 11.6 Å². The molecule has 0 spiro atoms. The highest BCUT2D eigenvalue weighted by Gasteiger charge is 2.29. The van der Waals surface area contributed by atoms with Crippen LogP contribution in [0.25, 0.3) is 0 Å². The smallest absolute Gasteiger partial charge is 0.0637 e. The molecule has 1 nitrogen and oxygen atoms in total. The third kappa shape index (κ3) is 2.21. The standard InChI is InChI=1S/C12H16ClN/c1-2-11(9-7-8-9)14-12-6-4-3-5-10(12)13/h3-6,9,11,14H,2,7-8H2,1H3. The molecule has 1 unspecified atom stereocenters. The number of hydrogen-bond acceptors (Lipinski definition) is 1. The van der Waals surface area contributed by atoms with Crippen molar-refractivity contribution in [3.63, 3.8) is 0 Å². The lowest BCUT2D eigenvalue weighted by Gasteiger charge is -2.18. The first kappa shape index (κ1) is 9.85. The molecule has 14 heavy (non-hydrogen) atoms. The molecule has 0 heterocycles. The molecule has 1 fully saturated rings. The van der Waals surface area contributed by atoms with Crippen LogP contribution in [-0.4, -0.2) is 6.04 Å². The Labute approximate surface area is 90.5 Å². The van der Waals surface area contributed by atoms with E-state index in [0.717, 1.165) is 16.6 Å². The second kappa shape index (κ2) is 4.22. The minimum Gasteiger partial charge on any atom is -0.381 e. The Morgan fingerprint density at radius 1 is 1.43 bits per heavy atom. The minimum atomic E-state index is 0.606. The number of hydrogen-bond donors (Lipinski definition) is 1.